The van der Waals surface area contributed by atoms with E-state index in [1.807, 2.05) is 12.3 Å². The Bertz CT molecular complexity index is 1110. The molecule has 1 saturated carbocycles. The van der Waals surface area contributed by atoms with Crippen molar-refractivity contribution >= 4 is 29.0 Å². The van der Waals surface area contributed by atoms with E-state index in [4.69, 9.17) is 9.72 Å². The number of piperazine rings is 1. The zero-order chi connectivity index (χ0) is 24.0. The molecule has 186 valence electrons. The number of fused-ring (bicyclic) bond motifs is 1. The third kappa shape index (κ3) is 3.86. The average Bonchev–Trinajstić information content (AvgIpc) is 3.59. The molecule has 1 aromatic heterocycles. The molecular weight excluding hydrogens is 442 g/mol. The maximum Gasteiger partial charge on any atom is 0.246 e. The first-order valence-electron chi connectivity index (χ1n) is 12.9. The first-order valence-corrected chi connectivity index (χ1v) is 12.9. The van der Waals surface area contributed by atoms with Crippen molar-refractivity contribution in [2.75, 3.05) is 62.0 Å². The molecule has 3 fully saturated rings. The van der Waals surface area contributed by atoms with Gasteiger partial charge >= 0.3 is 0 Å². The monoisotopic (exact) mass is 477 g/mol. The Morgan fingerprint density at radius 3 is 2.69 bits per heavy atom. The summed E-state index contributed by atoms with van der Waals surface area (Å²) in [4.78, 5) is 29.7. The Morgan fingerprint density at radius 1 is 1.17 bits per heavy atom. The van der Waals surface area contributed by atoms with Gasteiger partial charge in [-0.05, 0) is 38.4 Å². The standard InChI is InChI=1S/C26H35N7O2/c1-31-11-13-32(14-12-31)21-8-7-19(15-22(21)35-2)29-25-28-17-18-16-26(9-10-27-24(26)34)33(23(18)30-25)20-5-3-4-6-20/h7-8,15,17,20H,3-6,9-14,16H2,1-2H3,(H,27,34)(H,28,29,30)/t26-/m1/s1. The molecule has 3 aliphatic heterocycles. The van der Waals surface area contributed by atoms with Crippen LogP contribution in [-0.2, 0) is 11.2 Å². The highest BCUT2D eigenvalue weighted by Crippen LogP contribution is 2.46. The number of methoxy groups -OCH3 is 1. The molecule has 1 atom stereocenters. The van der Waals surface area contributed by atoms with Gasteiger partial charge in [0.15, 0.2) is 0 Å². The topological polar surface area (TPSA) is 85.9 Å². The van der Waals surface area contributed by atoms with Crippen molar-refractivity contribution in [1.29, 1.82) is 0 Å². The molecule has 1 aliphatic carbocycles. The van der Waals surface area contributed by atoms with Crippen LogP contribution in [0.25, 0.3) is 0 Å². The van der Waals surface area contributed by atoms with Crippen molar-refractivity contribution in [2.24, 2.45) is 0 Å². The molecule has 0 bridgehead atoms. The number of aromatic nitrogens is 2. The maximum absolute atomic E-state index is 13.0. The van der Waals surface area contributed by atoms with Crippen LogP contribution in [0.5, 0.6) is 5.75 Å². The lowest BCUT2D eigenvalue weighted by atomic mass is 9.91. The number of nitrogens with one attached hydrogen (secondary N) is 2. The maximum atomic E-state index is 13.0. The lowest BCUT2D eigenvalue weighted by Gasteiger charge is -2.38. The fourth-order valence-electron chi connectivity index (χ4n) is 6.33. The lowest BCUT2D eigenvalue weighted by Crippen LogP contribution is -2.56. The van der Waals surface area contributed by atoms with E-state index in [9.17, 15) is 4.79 Å². The Hall–Kier alpha value is -3.07. The highest BCUT2D eigenvalue weighted by atomic mass is 16.5. The highest BCUT2D eigenvalue weighted by Gasteiger charge is 2.55. The molecule has 1 amide bonds. The fraction of sp³-hybridized carbons (Fsp3) is 0.577. The number of anilines is 4. The largest absolute Gasteiger partial charge is 0.495 e. The highest BCUT2D eigenvalue weighted by molar-refractivity contribution is 5.94. The van der Waals surface area contributed by atoms with Gasteiger partial charge in [0.25, 0.3) is 0 Å². The Morgan fingerprint density at radius 2 is 1.97 bits per heavy atom. The van der Waals surface area contributed by atoms with E-state index in [1.165, 1.54) is 12.8 Å². The van der Waals surface area contributed by atoms with Crippen LogP contribution in [0.4, 0.5) is 23.1 Å². The van der Waals surface area contributed by atoms with E-state index < -0.39 is 5.54 Å². The number of rotatable bonds is 5. The van der Waals surface area contributed by atoms with Crippen LogP contribution in [0.3, 0.4) is 0 Å². The predicted molar refractivity (Wildman–Crippen MR) is 137 cm³/mol. The van der Waals surface area contributed by atoms with Gasteiger partial charge in [0.05, 0.1) is 12.8 Å². The molecule has 35 heavy (non-hydrogen) atoms. The van der Waals surface area contributed by atoms with E-state index in [0.717, 1.165) is 80.5 Å². The van der Waals surface area contributed by atoms with Gasteiger partial charge in [0, 0.05) is 68.7 Å². The fourth-order valence-corrected chi connectivity index (χ4v) is 6.33. The molecule has 2 aromatic rings. The minimum absolute atomic E-state index is 0.140. The summed E-state index contributed by atoms with van der Waals surface area (Å²) in [7, 11) is 3.88. The summed E-state index contributed by atoms with van der Waals surface area (Å²) in [5.41, 5.74) is 2.57. The molecule has 1 aromatic carbocycles. The molecule has 2 N–H and O–H groups in total. The van der Waals surface area contributed by atoms with Crippen LogP contribution in [-0.4, -0.2) is 79.2 Å². The molecule has 9 nitrogen and oxygen atoms in total. The molecule has 4 heterocycles. The smallest absolute Gasteiger partial charge is 0.246 e. The third-order valence-electron chi connectivity index (χ3n) is 8.23. The van der Waals surface area contributed by atoms with E-state index in [2.05, 4.69) is 49.5 Å². The van der Waals surface area contributed by atoms with Crippen LogP contribution in [0.15, 0.2) is 24.4 Å². The van der Waals surface area contributed by atoms with Gasteiger partial charge in [-0.15, -0.1) is 0 Å². The van der Waals surface area contributed by atoms with Gasteiger partial charge in [-0.2, -0.15) is 4.98 Å². The zero-order valence-corrected chi connectivity index (χ0v) is 20.7. The number of carbonyl (C=O) groups is 1. The molecule has 4 aliphatic rings. The van der Waals surface area contributed by atoms with Crippen molar-refractivity contribution in [2.45, 2.75) is 50.1 Å². The van der Waals surface area contributed by atoms with Gasteiger partial charge in [-0.1, -0.05) is 12.8 Å². The van der Waals surface area contributed by atoms with Gasteiger partial charge in [-0.25, -0.2) is 4.98 Å². The van der Waals surface area contributed by atoms with Gasteiger partial charge in [-0.3, -0.25) is 4.79 Å². The quantitative estimate of drug-likeness (QED) is 0.680. The van der Waals surface area contributed by atoms with Gasteiger partial charge in [0.1, 0.15) is 17.1 Å². The van der Waals surface area contributed by atoms with Gasteiger partial charge < -0.3 is 30.1 Å². The van der Waals surface area contributed by atoms with Crippen molar-refractivity contribution in [1.82, 2.24) is 20.2 Å². The average molecular weight is 478 g/mol. The third-order valence-corrected chi connectivity index (χ3v) is 8.23. The number of benzene rings is 1. The van der Waals surface area contributed by atoms with E-state index in [1.54, 1.807) is 7.11 Å². The molecule has 2 saturated heterocycles. The van der Waals surface area contributed by atoms with Crippen LogP contribution in [0.2, 0.25) is 0 Å². The number of amides is 1. The van der Waals surface area contributed by atoms with Crippen LogP contribution in [0.1, 0.15) is 37.7 Å². The van der Waals surface area contributed by atoms with Gasteiger partial charge in [0.2, 0.25) is 11.9 Å². The van der Waals surface area contributed by atoms with Crippen LogP contribution in [0, 0.1) is 0 Å². The number of nitrogens with zero attached hydrogens (tertiary/aromatic N) is 5. The van der Waals surface area contributed by atoms with Crippen molar-refractivity contribution in [3.63, 3.8) is 0 Å². The summed E-state index contributed by atoms with van der Waals surface area (Å²) in [5.74, 6) is 2.46. The second-order valence-corrected chi connectivity index (χ2v) is 10.4. The predicted octanol–water partition coefficient (Wildman–Crippen LogP) is 2.54. The van der Waals surface area contributed by atoms with E-state index in [-0.39, 0.29) is 5.91 Å². The number of hydrogen-bond donors (Lipinski definition) is 2. The molecule has 0 unspecified atom stereocenters. The Kier molecular flexibility index (Phi) is 5.67. The minimum Gasteiger partial charge on any atom is -0.495 e. The van der Waals surface area contributed by atoms with E-state index in [0.29, 0.717) is 18.4 Å². The first-order chi connectivity index (χ1) is 17.1. The Labute approximate surface area is 206 Å². The molecular formula is C26H35N7O2. The molecule has 1 spiro atoms. The van der Waals surface area contributed by atoms with Crippen LogP contribution < -0.4 is 25.2 Å². The van der Waals surface area contributed by atoms with Crippen molar-refractivity contribution in [3.8, 4) is 5.75 Å². The summed E-state index contributed by atoms with van der Waals surface area (Å²) in [5, 5.41) is 6.47. The lowest BCUT2D eigenvalue weighted by molar-refractivity contribution is -0.123. The second-order valence-electron chi connectivity index (χ2n) is 10.4. The number of likely N-dealkylation sites (N-methyl/N-ethyl adjacent to an activating group) is 1. The SMILES string of the molecule is COc1cc(Nc2ncc3c(n2)N(C2CCCC2)[C@]2(CCNC2=O)C3)ccc1N1CCN(C)CC1. The molecule has 6 rings (SSSR count). The summed E-state index contributed by atoms with van der Waals surface area (Å²) in [6.45, 7) is 4.79. The van der Waals surface area contributed by atoms with Crippen molar-refractivity contribution in [3.05, 3.63) is 30.0 Å². The second kappa shape index (κ2) is 8.86. The summed E-state index contributed by atoms with van der Waals surface area (Å²) in [6, 6.07) is 6.56. The van der Waals surface area contributed by atoms with Crippen LogP contribution >= 0.6 is 0 Å². The van der Waals surface area contributed by atoms with Crippen molar-refractivity contribution < 1.29 is 9.53 Å². The molecule has 9 heteroatoms. The summed E-state index contributed by atoms with van der Waals surface area (Å²) in [6.07, 6.45) is 8.08. The molecule has 0 radical (unpaired) electrons. The number of hydrogen-bond acceptors (Lipinski definition) is 8. The van der Waals surface area contributed by atoms with E-state index >= 15 is 0 Å². The Balaban J connectivity index is 1.27. The summed E-state index contributed by atoms with van der Waals surface area (Å²) < 4.78 is 5.75. The summed E-state index contributed by atoms with van der Waals surface area (Å²) >= 11 is 0. The first kappa shape index (κ1) is 22.4. The normalized spacial score (nSPS) is 24.8. The minimum atomic E-state index is -0.502. The number of carbonyl (C=O) groups excluding carboxylic acids is 1. The number of ether oxygens (including phenoxy) is 1. The zero-order valence-electron chi connectivity index (χ0n) is 20.7.